The Morgan fingerprint density at radius 2 is 1.58 bits per heavy atom. The molecule has 0 radical (unpaired) electrons. The number of hydrogen-bond acceptors (Lipinski definition) is 4. The zero-order chi connectivity index (χ0) is 23.2. The molecule has 0 aliphatic carbocycles. The van der Waals surface area contributed by atoms with Crippen LogP contribution in [0.3, 0.4) is 0 Å². The third-order valence-electron chi connectivity index (χ3n) is 5.01. The monoisotopic (exact) mass is 459 g/mol. The zero-order valence-electron chi connectivity index (χ0n) is 18.0. The highest BCUT2D eigenvalue weighted by atomic mass is 35.5. The number of para-hydroxylation sites is 2. The van der Waals surface area contributed by atoms with Gasteiger partial charge in [-0.2, -0.15) is 0 Å². The summed E-state index contributed by atoms with van der Waals surface area (Å²) >= 11 is 5.88. The van der Waals surface area contributed by atoms with E-state index in [0.29, 0.717) is 40.0 Å². The van der Waals surface area contributed by atoms with Crippen molar-refractivity contribution < 1.29 is 14.0 Å². The summed E-state index contributed by atoms with van der Waals surface area (Å²) in [6.45, 7) is 2.02. The summed E-state index contributed by atoms with van der Waals surface area (Å²) in [4.78, 5) is 29.3. The number of benzene rings is 3. The molecule has 0 atom stereocenters. The van der Waals surface area contributed by atoms with Gasteiger partial charge in [0.1, 0.15) is 0 Å². The van der Waals surface area contributed by atoms with Gasteiger partial charge >= 0.3 is 0 Å². The molecule has 0 spiro atoms. The third kappa shape index (κ3) is 5.87. The first-order chi connectivity index (χ1) is 16.0. The van der Waals surface area contributed by atoms with Gasteiger partial charge in [-0.25, -0.2) is 4.98 Å². The topological polar surface area (TPSA) is 84.2 Å². The second kappa shape index (κ2) is 10.1. The number of carbonyl (C=O) groups excluding carboxylic acids is 2. The molecule has 3 aromatic carbocycles. The fourth-order valence-electron chi connectivity index (χ4n) is 3.21. The van der Waals surface area contributed by atoms with Crippen LogP contribution in [0.15, 0.2) is 83.4 Å². The molecule has 1 aromatic heterocycles. The van der Waals surface area contributed by atoms with Gasteiger partial charge in [0.2, 0.25) is 5.91 Å². The van der Waals surface area contributed by atoms with E-state index in [1.54, 1.807) is 54.7 Å². The Bertz CT molecular complexity index is 1260. The number of aromatic nitrogens is 1. The molecule has 0 fully saturated rings. The highest BCUT2D eigenvalue weighted by Gasteiger charge is 2.13. The Labute approximate surface area is 196 Å². The number of amides is 2. The van der Waals surface area contributed by atoms with Crippen molar-refractivity contribution in [1.29, 1.82) is 0 Å². The molecule has 0 saturated heterocycles. The van der Waals surface area contributed by atoms with E-state index in [-0.39, 0.29) is 18.2 Å². The average molecular weight is 460 g/mol. The van der Waals surface area contributed by atoms with Crippen molar-refractivity contribution in [2.75, 3.05) is 10.6 Å². The molecule has 4 aromatic rings. The van der Waals surface area contributed by atoms with Crippen LogP contribution in [0.1, 0.15) is 28.2 Å². The Morgan fingerprint density at radius 3 is 2.27 bits per heavy atom. The van der Waals surface area contributed by atoms with Crippen molar-refractivity contribution in [2.24, 2.45) is 0 Å². The number of carbonyl (C=O) groups is 2. The minimum absolute atomic E-state index is 0.188. The van der Waals surface area contributed by atoms with E-state index in [4.69, 9.17) is 16.0 Å². The number of aryl methyl sites for hydroxylation is 2. The maximum Gasteiger partial charge on any atom is 0.255 e. The van der Waals surface area contributed by atoms with Crippen LogP contribution in [-0.4, -0.2) is 16.8 Å². The molecular weight excluding hydrogens is 438 g/mol. The number of nitrogens with one attached hydrogen (secondary N) is 2. The molecule has 1 heterocycles. The van der Waals surface area contributed by atoms with Crippen molar-refractivity contribution in [3.8, 4) is 11.3 Å². The number of rotatable bonds is 7. The fraction of sp³-hybridized carbons (Fsp3) is 0.115. The molecule has 0 bridgehead atoms. The van der Waals surface area contributed by atoms with Gasteiger partial charge in [-0.3, -0.25) is 9.59 Å². The van der Waals surface area contributed by atoms with Gasteiger partial charge in [0, 0.05) is 29.0 Å². The summed E-state index contributed by atoms with van der Waals surface area (Å²) < 4.78 is 5.79. The van der Waals surface area contributed by atoms with E-state index in [9.17, 15) is 9.59 Å². The van der Waals surface area contributed by atoms with Gasteiger partial charge in [-0.05, 0) is 43.3 Å². The minimum Gasteiger partial charge on any atom is -0.441 e. The fourth-order valence-corrected chi connectivity index (χ4v) is 3.33. The molecule has 2 amide bonds. The molecule has 0 aliphatic heterocycles. The number of hydrogen-bond donors (Lipinski definition) is 2. The lowest BCUT2D eigenvalue weighted by molar-refractivity contribution is -0.116. The first-order valence-electron chi connectivity index (χ1n) is 10.5. The Hall–Kier alpha value is -3.90. The van der Waals surface area contributed by atoms with Gasteiger partial charge in [0.25, 0.3) is 5.91 Å². The van der Waals surface area contributed by atoms with Crippen LogP contribution in [0.5, 0.6) is 0 Å². The molecule has 2 N–H and O–H groups in total. The van der Waals surface area contributed by atoms with E-state index >= 15 is 0 Å². The summed E-state index contributed by atoms with van der Waals surface area (Å²) in [5.41, 5.74) is 3.59. The highest BCUT2D eigenvalue weighted by Crippen LogP contribution is 2.24. The van der Waals surface area contributed by atoms with Gasteiger partial charge in [-0.15, -0.1) is 0 Å². The van der Waals surface area contributed by atoms with Crippen molar-refractivity contribution in [2.45, 2.75) is 19.8 Å². The quantitative estimate of drug-likeness (QED) is 0.348. The molecule has 33 heavy (non-hydrogen) atoms. The van der Waals surface area contributed by atoms with Crippen LogP contribution < -0.4 is 10.6 Å². The third-order valence-corrected chi connectivity index (χ3v) is 5.26. The predicted molar refractivity (Wildman–Crippen MR) is 129 cm³/mol. The second-order valence-corrected chi connectivity index (χ2v) is 7.98. The molecule has 6 nitrogen and oxygen atoms in total. The first-order valence-corrected chi connectivity index (χ1v) is 10.8. The van der Waals surface area contributed by atoms with Crippen LogP contribution in [0.4, 0.5) is 11.4 Å². The van der Waals surface area contributed by atoms with Crippen LogP contribution in [0.25, 0.3) is 11.3 Å². The van der Waals surface area contributed by atoms with Gasteiger partial charge < -0.3 is 15.1 Å². The SMILES string of the molecule is Cc1ccc(-c2cnc(CCC(=O)Nc3ccccc3NC(=O)c3ccc(Cl)cc3)o2)cc1. The number of nitrogens with zero attached hydrogens (tertiary/aromatic N) is 1. The molecule has 0 unspecified atom stereocenters. The lowest BCUT2D eigenvalue weighted by Gasteiger charge is -2.12. The van der Waals surface area contributed by atoms with Gasteiger partial charge in [0.05, 0.1) is 17.6 Å². The lowest BCUT2D eigenvalue weighted by atomic mass is 10.1. The van der Waals surface area contributed by atoms with Crippen molar-refractivity contribution in [3.05, 3.63) is 101 Å². The minimum atomic E-state index is -0.295. The van der Waals surface area contributed by atoms with Crippen molar-refractivity contribution in [3.63, 3.8) is 0 Å². The number of anilines is 2. The standard InChI is InChI=1S/C26H22ClN3O3/c1-17-6-8-18(9-7-17)23-16-28-25(33-23)15-14-24(31)29-21-4-2-3-5-22(21)30-26(32)19-10-12-20(27)13-11-19/h2-13,16H,14-15H2,1H3,(H,29,31)(H,30,32). The van der Waals surface area contributed by atoms with Crippen LogP contribution in [-0.2, 0) is 11.2 Å². The maximum absolute atomic E-state index is 12.5. The van der Waals surface area contributed by atoms with E-state index in [0.717, 1.165) is 5.56 Å². The Kier molecular flexibility index (Phi) is 6.86. The average Bonchev–Trinajstić information content (AvgIpc) is 3.29. The second-order valence-electron chi connectivity index (χ2n) is 7.54. The summed E-state index contributed by atoms with van der Waals surface area (Å²) in [6.07, 6.45) is 2.21. The molecule has 0 aliphatic rings. The highest BCUT2D eigenvalue weighted by molar-refractivity contribution is 6.30. The van der Waals surface area contributed by atoms with Crippen LogP contribution in [0, 0.1) is 6.92 Å². The molecule has 7 heteroatoms. The van der Waals surface area contributed by atoms with E-state index in [2.05, 4.69) is 15.6 Å². The van der Waals surface area contributed by atoms with E-state index < -0.39 is 0 Å². The van der Waals surface area contributed by atoms with Crippen molar-refractivity contribution in [1.82, 2.24) is 4.98 Å². The molecule has 4 rings (SSSR count). The smallest absolute Gasteiger partial charge is 0.255 e. The van der Waals surface area contributed by atoms with Gasteiger partial charge in [-0.1, -0.05) is 53.6 Å². The van der Waals surface area contributed by atoms with Crippen LogP contribution in [0.2, 0.25) is 5.02 Å². The van der Waals surface area contributed by atoms with E-state index in [1.165, 1.54) is 5.56 Å². The number of oxazole rings is 1. The Balaban J connectivity index is 1.36. The molecular formula is C26H22ClN3O3. The summed E-state index contributed by atoms with van der Waals surface area (Å²) in [7, 11) is 0. The maximum atomic E-state index is 12.5. The zero-order valence-corrected chi connectivity index (χ0v) is 18.7. The number of halogens is 1. The summed E-state index contributed by atoms with van der Waals surface area (Å²) in [5.74, 6) is 0.654. The van der Waals surface area contributed by atoms with Gasteiger partial charge in [0.15, 0.2) is 11.7 Å². The molecule has 0 saturated carbocycles. The normalized spacial score (nSPS) is 10.6. The lowest BCUT2D eigenvalue weighted by Crippen LogP contribution is -2.17. The molecule has 166 valence electrons. The van der Waals surface area contributed by atoms with Crippen LogP contribution >= 0.6 is 11.6 Å². The van der Waals surface area contributed by atoms with E-state index in [1.807, 2.05) is 31.2 Å². The largest absolute Gasteiger partial charge is 0.441 e. The summed E-state index contributed by atoms with van der Waals surface area (Å²) in [5, 5.41) is 6.22. The summed E-state index contributed by atoms with van der Waals surface area (Å²) in [6, 6.07) is 21.6. The Morgan fingerprint density at radius 1 is 0.909 bits per heavy atom. The predicted octanol–water partition coefficient (Wildman–Crippen LogP) is 6.13. The van der Waals surface area contributed by atoms with Crippen molar-refractivity contribution >= 4 is 34.8 Å². The first kappa shape index (κ1) is 22.3.